The number of nitriles is 1. The predicted molar refractivity (Wildman–Crippen MR) is 180 cm³/mol. The number of amides is 1. The molecule has 11 nitrogen and oxygen atoms in total. The maximum Gasteiger partial charge on any atom is 0.248 e. The maximum absolute atomic E-state index is 13.6. The van der Waals surface area contributed by atoms with E-state index in [9.17, 15) is 14.4 Å². The molecule has 1 atom stereocenters. The molecule has 1 saturated heterocycles. The summed E-state index contributed by atoms with van der Waals surface area (Å²) in [6, 6.07) is 16.8. The number of hydrogen-bond donors (Lipinski definition) is 3. The molecule has 2 heterocycles. The summed E-state index contributed by atoms with van der Waals surface area (Å²) in [4.78, 5) is 17.5. The lowest BCUT2D eigenvalue weighted by Crippen LogP contribution is -2.45. The zero-order chi connectivity index (χ0) is 34.1. The molecule has 0 saturated carbocycles. The molecule has 250 valence electrons. The van der Waals surface area contributed by atoms with E-state index < -0.39 is 11.8 Å². The highest BCUT2D eigenvalue weighted by Crippen LogP contribution is 2.38. The average molecular weight is 676 g/mol. The van der Waals surface area contributed by atoms with Crippen LogP contribution < -0.4 is 25.4 Å². The summed E-state index contributed by atoms with van der Waals surface area (Å²) in [6.07, 6.45) is 4.99. The van der Waals surface area contributed by atoms with Gasteiger partial charge in [0.05, 0.1) is 40.7 Å². The standard InChI is InChI=1S/C35H35ClFN5O6/c1-35(44-2,45-3)40-12-5-8-33(43)42-30-16-27-29(17-32(30)48-26-11-13-46-21-26)39-19-23(18-38)34(27)41-25-9-10-31(28(36)15-25)47-20-22-6-4-7-24(37)14-22/h4-10,14-17,19,26,40H,11-13,20-21H2,1-3H3,(H,39,41)(H,42,43)/b8-5+. The number of nitrogens with one attached hydrogen (secondary N) is 3. The van der Waals surface area contributed by atoms with Crippen LogP contribution in [0.5, 0.6) is 11.5 Å². The van der Waals surface area contributed by atoms with Crippen LogP contribution in [0, 0.1) is 17.1 Å². The van der Waals surface area contributed by atoms with Gasteiger partial charge >= 0.3 is 0 Å². The van der Waals surface area contributed by atoms with Gasteiger partial charge in [0.1, 0.15) is 36.1 Å². The van der Waals surface area contributed by atoms with Crippen molar-refractivity contribution in [2.24, 2.45) is 0 Å². The van der Waals surface area contributed by atoms with E-state index in [1.165, 1.54) is 38.6 Å². The molecule has 3 aromatic carbocycles. The molecule has 1 fully saturated rings. The second-order valence-electron chi connectivity index (χ2n) is 10.9. The number of methoxy groups -OCH3 is 2. The number of pyridine rings is 1. The van der Waals surface area contributed by atoms with Crippen LogP contribution in [0.15, 0.2) is 72.9 Å². The number of carbonyl (C=O) groups is 1. The van der Waals surface area contributed by atoms with Gasteiger partial charge in [-0.3, -0.25) is 15.1 Å². The van der Waals surface area contributed by atoms with Crippen molar-refractivity contribution in [3.8, 4) is 17.6 Å². The van der Waals surface area contributed by atoms with Crippen LogP contribution in [0.3, 0.4) is 0 Å². The summed E-state index contributed by atoms with van der Waals surface area (Å²) in [5.41, 5.74) is 2.87. The van der Waals surface area contributed by atoms with Gasteiger partial charge in [0, 0.05) is 63.5 Å². The predicted octanol–water partition coefficient (Wildman–Crippen LogP) is 6.44. The molecule has 13 heteroatoms. The summed E-state index contributed by atoms with van der Waals surface area (Å²) in [5, 5.41) is 20.1. The molecular weight excluding hydrogens is 641 g/mol. The van der Waals surface area contributed by atoms with Gasteiger partial charge in [0.2, 0.25) is 11.8 Å². The Morgan fingerprint density at radius 3 is 2.73 bits per heavy atom. The Labute approximate surface area is 282 Å². The van der Waals surface area contributed by atoms with Gasteiger partial charge in [-0.1, -0.05) is 29.8 Å². The Balaban J connectivity index is 1.41. The highest BCUT2D eigenvalue weighted by Gasteiger charge is 2.22. The van der Waals surface area contributed by atoms with Crippen molar-refractivity contribution in [2.75, 3.05) is 44.6 Å². The Morgan fingerprint density at radius 1 is 1.19 bits per heavy atom. The first-order chi connectivity index (χ1) is 23.2. The monoisotopic (exact) mass is 675 g/mol. The molecular formula is C35H35ClFN5O6. The van der Waals surface area contributed by atoms with E-state index in [4.69, 9.17) is 35.3 Å². The molecule has 0 spiro atoms. The van der Waals surface area contributed by atoms with Crippen molar-refractivity contribution in [1.82, 2.24) is 10.3 Å². The molecule has 1 aliphatic rings. The first-order valence-electron chi connectivity index (χ1n) is 15.1. The van der Waals surface area contributed by atoms with Crippen molar-refractivity contribution in [2.45, 2.75) is 32.0 Å². The molecule has 0 aliphatic carbocycles. The van der Waals surface area contributed by atoms with Crippen molar-refractivity contribution >= 4 is 45.5 Å². The van der Waals surface area contributed by atoms with Gasteiger partial charge in [0.15, 0.2) is 0 Å². The minimum absolute atomic E-state index is 0.134. The van der Waals surface area contributed by atoms with Gasteiger partial charge in [-0.05, 0) is 42.0 Å². The van der Waals surface area contributed by atoms with Gasteiger partial charge in [-0.2, -0.15) is 5.26 Å². The van der Waals surface area contributed by atoms with Gasteiger partial charge in [-0.25, -0.2) is 4.39 Å². The number of halogens is 2. The fourth-order valence-corrected chi connectivity index (χ4v) is 5.10. The summed E-state index contributed by atoms with van der Waals surface area (Å²) < 4.78 is 41.6. The van der Waals surface area contributed by atoms with E-state index in [0.29, 0.717) is 76.2 Å². The Morgan fingerprint density at radius 2 is 2.02 bits per heavy atom. The normalized spacial score (nSPS) is 14.6. The molecule has 5 rings (SSSR count). The lowest BCUT2D eigenvalue weighted by molar-refractivity contribution is -0.212. The van der Waals surface area contributed by atoms with Gasteiger partial charge < -0.3 is 34.3 Å². The van der Waals surface area contributed by atoms with Crippen molar-refractivity contribution in [3.05, 3.63) is 94.9 Å². The zero-order valence-electron chi connectivity index (χ0n) is 26.6. The fourth-order valence-electron chi connectivity index (χ4n) is 4.86. The number of anilines is 3. The molecule has 1 unspecified atom stereocenters. The minimum atomic E-state index is -1.00. The number of benzene rings is 3. The Bertz CT molecular complexity index is 1840. The van der Waals surface area contributed by atoms with Crippen LogP contribution in [0.1, 0.15) is 24.5 Å². The first kappa shape index (κ1) is 34.6. The zero-order valence-corrected chi connectivity index (χ0v) is 27.4. The quantitative estimate of drug-likeness (QED) is 0.101. The highest BCUT2D eigenvalue weighted by atomic mass is 35.5. The minimum Gasteiger partial charge on any atom is -0.487 e. The smallest absolute Gasteiger partial charge is 0.248 e. The summed E-state index contributed by atoms with van der Waals surface area (Å²) >= 11 is 6.55. The van der Waals surface area contributed by atoms with Crippen LogP contribution >= 0.6 is 11.6 Å². The summed E-state index contributed by atoms with van der Waals surface area (Å²) in [5.74, 6) is -0.935. The number of nitrogens with zero attached hydrogens (tertiary/aromatic N) is 2. The molecule has 1 aliphatic heterocycles. The topological polar surface area (TPSA) is 136 Å². The van der Waals surface area contributed by atoms with Crippen LogP contribution in [-0.2, 0) is 25.6 Å². The number of carbonyl (C=O) groups excluding carboxylic acids is 1. The summed E-state index contributed by atoms with van der Waals surface area (Å²) in [7, 11) is 3.02. The third kappa shape index (κ3) is 8.77. The third-order valence-electron chi connectivity index (χ3n) is 7.60. The lowest BCUT2D eigenvalue weighted by atomic mass is 10.1. The van der Waals surface area contributed by atoms with Crippen LogP contribution in [0.4, 0.5) is 21.5 Å². The van der Waals surface area contributed by atoms with Gasteiger partial charge in [0.25, 0.3) is 0 Å². The third-order valence-corrected chi connectivity index (χ3v) is 7.90. The average Bonchev–Trinajstić information content (AvgIpc) is 3.60. The van der Waals surface area contributed by atoms with E-state index >= 15 is 0 Å². The number of hydrogen-bond acceptors (Lipinski definition) is 10. The Kier molecular flexibility index (Phi) is 11.4. The largest absolute Gasteiger partial charge is 0.487 e. The maximum atomic E-state index is 13.6. The van der Waals surface area contributed by atoms with E-state index in [2.05, 4.69) is 27.0 Å². The second-order valence-corrected chi connectivity index (χ2v) is 11.4. The van der Waals surface area contributed by atoms with Crippen LogP contribution in [-0.4, -0.2) is 56.9 Å². The molecule has 48 heavy (non-hydrogen) atoms. The summed E-state index contributed by atoms with van der Waals surface area (Å²) in [6.45, 7) is 3.15. The molecule has 0 radical (unpaired) electrons. The van der Waals surface area contributed by atoms with Crippen molar-refractivity contribution in [3.63, 3.8) is 0 Å². The highest BCUT2D eigenvalue weighted by molar-refractivity contribution is 6.32. The first-order valence-corrected chi connectivity index (χ1v) is 15.5. The molecule has 4 aromatic rings. The fraction of sp³-hybridized carbons (Fsp3) is 0.286. The Hall–Kier alpha value is -4.77. The van der Waals surface area contributed by atoms with Crippen molar-refractivity contribution < 1.29 is 32.9 Å². The SMILES string of the molecule is COC(C)(NC/C=C/C(=O)Nc1cc2c(Nc3ccc(OCc4cccc(F)c4)c(Cl)c3)c(C#N)cnc2cc1OC1CCOC1)OC. The number of rotatable bonds is 14. The van der Waals surface area contributed by atoms with Crippen LogP contribution in [0.2, 0.25) is 5.02 Å². The lowest BCUT2D eigenvalue weighted by Gasteiger charge is -2.26. The second kappa shape index (κ2) is 15.9. The van der Waals surface area contributed by atoms with E-state index in [-0.39, 0.29) is 24.1 Å². The van der Waals surface area contributed by atoms with Crippen molar-refractivity contribution in [1.29, 1.82) is 5.26 Å². The molecule has 1 aromatic heterocycles. The molecule has 0 bridgehead atoms. The molecule has 3 N–H and O–H groups in total. The number of ether oxygens (including phenoxy) is 5. The van der Waals surface area contributed by atoms with E-state index in [0.717, 1.165) is 0 Å². The number of fused-ring (bicyclic) bond motifs is 1. The number of aromatic nitrogens is 1. The van der Waals surface area contributed by atoms with E-state index in [1.54, 1.807) is 55.5 Å². The molecule has 1 amide bonds. The van der Waals surface area contributed by atoms with Gasteiger partial charge in [-0.15, -0.1) is 0 Å². The van der Waals surface area contributed by atoms with Crippen LogP contribution in [0.25, 0.3) is 10.9 Å². The van der Waals surface area contributed by atoms with E-state index in [1.807, 2.05) is 0 Å².